The van der Waals surface area contributed by atoms with Crippen LogP contribution in [0.15, 0.2) is 40.5 Å². The molecule has 7 nitrogen and oxygen atoms in total. The first-order chi connectivity index (χ1) is 12.3. The van der Waals surface area contributed by atoms with Crippen LogP contribution in [0.4, 0.5) is 0 Å². The smallest absolute Gasteiger partial charge is 0.337 e. The van der Waals surface area contributed by atoms with Gasteiger partial charge >= 0.3 is 17.9 Å². The molecule has 138 valence electrons. The van der Waals surface area contributed by atoms with Crippen LogP contribution in [0, 0.1) is 5.92 Å². The van der Waals surface area contributed by atoms with Crippen LogP contribution in [-0.4, -0.2) is 44.9 Å². The van der Waals surface area contributed by atoms with Crippen LogP contribution in [0.1, 0.15) is 35.7 Å². The van der Waals surface area contributed by atoms with Gasteiger partial charge in [-0.1, -0.05) is 12.1 Å². The summed E-state index contributed by atoms with van der Waals surface area (Å²) >= 11 is 0. The molecule has 0 radical (unpaired) electrons. The van der Waals surface area contributed by atoms with E-state index in [1.165, 1.54) is 21.3 Å². The lowest BCUT2D eigenvalue weighted by molar-refractivity contribution is -0.143. The molecule has 0 N–H and O–H groups in total. The van der Waals surface area contributed by atoms with Gasteiger partial charge in [0, 0.05) is 17.3 Å². The molecule has 0 aromatic heterocycles. The fraction of sp³-hybridized carbons (Fsp3) is 0.368. The molecule has 2 unspecified atom stereocenters. The highest BCUT2D eigenvalue weighted by atomic mass is 16.5. The van der Waals surface area contributed by atoms with Gasteiger partial charge in [0.15, 0.2) is 0 Å². The van der Waals surface area contributed by atoms with Crippen LogP contribution in [0.2, 0.25) is 0 Å². The van der Waals surface area contributed by atoms with Crippen molar-refractivity contribution in [3.8, 4) is 0 Å². The maximum Gasteiger partial charge on any atom is 0.337 e. The summed E-state index contributed by atoms with van der Waals surface area (Å²) in [6.45, 7) is 3.41. The normalized spacial score (nSPS) is 19.5. The first kappa shape index (κ1) is 19.4. The number of nitrogens with zero attached hydrogens (tertiary/aromatic N) is 1. The Hall–Kier alpha value is -2.96. The van der Waals surface area contributed by atoms with Crippen molar-refractivity contribution in [3.63, 3.8) is 0 Å². The number of allylic oxidation sites excluding steroid dienone is 1. The lowest BCUT2D eigenvalue weighted by Crippen LogP contribution is -2.36. The SMILES string of the molecule is COC(=O)C1=C(C)N=C(C)C(C(=O)OC)C1c1ccc(C(=O)OC)cc1. The second-order valence-corrected chi connectivity index (χ2v) is 5.84. The fourth-order valence-corrected chi connectivity index (χ4v) is 3.15. The highest BCUT2D eigenvalue weighted by Gasteiger charge is 2.42. The summed E-state index contributed by atoms with van der Waals surface area (Å²) in [6.07, 6.45) is 0. The molecule has 0 spiro atoms. The largest absolute Gasteiger partial charge is 0.468 e. The second kappa shape index (κ2) is 7.95. The van der Waals surface area contributed by atoms with E-state index in [-0.39, 0.29) is 0 Å². The topological polar surface area (TPSA) is 91.3 Å². The molecule has 0 aliphatic carbocycles. The molecule has 1 aromatic carbocycles. The van der Waals surface area contributed by atoms with Gasteiger partial charge in [-0.15, -0.1) is 0 Å². The Bertz CT molecular complexity index is 791. The van der Waals surface area contributed by atoms with Gasteiger partial charge < -0.3 is 14.2 Å². The van der Waals surface area contributed by atoms with Crippen LogP contribution >= 0.6 is 0 Å². The Morgan fingerprint density at radius 3 is 1.96 bits per heavy atom. The van der Waals surface area contributed by atoms with E-state index in [0.717, 1.165) is 0 Å². The van der Waals surface area contributed by atoms with Gasteiger partial charge in [-0.3, -0.25) is 9.79 Å². The Labute approximate surface area is 151 Å². The molecular formula is C19H21NO6. The molecule has 26 heavy (non-hydrogen) atoms. The monoisotopic (exact) mass is 359 g/mol. The fourth-order valence-electron chi connectivity index (χ4n) is 3.15. The van der Waals surface area contributed by atoms with Crippen molar-refractivity contribution < 1.29 is 28.6 Å². The van der Waals surface area contributed by atoms with Crippen molar-refractivity contribution >= 4 is 23.6 Å². The first-order valence-corrected chi connectivity index (χ1v) is 7.96. The molecule has 0 bridgehead atoms. The van der Waals surface area contributed by atoms with Crippen molar-refractivity contribution in [1.82, 2.24) is 0 Å². The maximum atomic E-state index is 12.4. The van der Waals surface area contributed by atoms with Crippen LogP contribution < -0.4 is 0 Å². The first-order valence-electron chi connectivity index (χ1n) is 7.96. The van der Waals surface area contributed by atoms with E-state index >= 15 is 0 Å². The molecule has 0 amide bonds. The predicted molar refractivity (Wildman–Crippen MR) is 93.9 cm³/mol. The summed E-state index contributed by atoms with van der Waals surface area (Å²) in [5.74, 6) is -2.92. The van der Waals surface area contributed by atoms with Crippen LogP contribution in [0.25, 0.3) is 0 Å². The second-order valence-electron chi connectivity index (χ2n) is 5.84. The summed E-state index contributed by atoms with van der Waals surface area (Å²) in [4.78, 5) is 40.7. The van der Waals surface area contributed by atoms with Crippen molar-refractivity contribution in [2.45, 2.75) is 19.8 Å². The highest BCUT2D eigenvalue weighted by molar-refractivity contribution is 6.07. The van der Waals surface area contributed by atoms with Gasteiger partial charge in [0.1, 0.15) is 5.92 Å². The molecule has 0 fully saturated rings. The van der Waals surface area contributed by atoms with E-state index < -0.39 is 29.7 Å². The zero-order valence-electron chi connectivity index (χ0n) is 15.4. The van der Waals surface area contributed by atoms with E-state index in [0.29, 0.717) is 28.1 Å². The van der Waals surface area contributed by atoms with E-state index in [4.69, 9.17) is 14.2 Å². The summed E-state index contributed by atoms with van der Waals surface area (Å²) < 4.78 is 14.5. The van der Waals surface area contributed by atoms with Gasteiger partial charge in [-0.05, 0) is 31.5 Å². The van der Waals surface area contributed by atoms with Gasteiger partial charge in [0.25, 0.3) is 0 Å². The molecule has 2 rings (SSSR count). The van der Waals surface area contributed by atoms with Crippen molar-refractivity contribution in [1.29, 1.82) is 0 Å². The Morgan fingerprint density at radius 1 is 0.885 bits per heavy atom. The summed E-state index contributed by atoms with van der Waals surface area (Å²) in [5.41, 5.74) is 2.36. The maximum absolute atomic E-state index is 12.4. The van der Waals surface area contributed by atoms with Crippen LogP contribution in [0.3, 0.4) is 0 Å². The number of rotatable bonds is 4. The van der Waals surface area contributed by atoms with Crippen molar-refractivity contribution in [2.24, 2.45) is 10.9 Å². The molecule has 1 aliphatic rings. The summed E-state index contributed by atoms with van der Waals surface area (Å²) in [7, 11) is 3.86. The molecule has 0 saturated carbocycles. The number of esters is 3. The van der Waals surface area contributed by atoms with Gasteiger partial charge in [0.2, 0.25) is 0 Å². The third-order valence-corrected chi connectivity index (χ3v) is 4.38. The minimum Gasteiger partial charge on any atom is -0.468 e. The number of aliphatic imine (C=N–C) groups is 1. The lowest BCUT2D eigenvalue weighted by atomic mass is 9.75. The molecule has 1 aromatic rings. The number of methoxy groups -OCH3 is 3. The lowest BCUT2D eigenvalue weighted by Gasteiger charge is -2.31. The van der Waals surface area contributed by atoms with E-state index in [1.54, 1.807) is 38.1 Å². The number of ether oxygens (including phenoxy) is 3. The van der Waals surface area contributed by atoms with Crippen molar-refractivity contribution in [2.75, 3.05) is 21.3 Å². The molecule has 1 heterocycles. The van der Waals surface area contributed by atoms with Crippen LogP contribution in [0.5, 0.6) is 0 Å². The number of hydrogen-bond acceptors (Lipinski definition) is 7. The van der Waals surface area contributed by atoms with E-state index in [9.17, 15) is 14.4 Å². The number of hydrogen-bond donors (Lipinski definition) is 0. The quantitative estimate of drug-likeness (QED) is 0.605. The highest BCUT2D eigenvalue weighted by Crippen LogP contribution is 2.40. The minimum absolute atomic E-state index is 0.291. The standard InChI is InChI=1S/C19H21NO6/c1-10-14(18(22)25-4)16(15(11(2)20-10)19(23)26-5)12-6-8-13(9-7-12)17(21)24-3/h6-9,14,16H,1-5H3. The zero-order valence-corrected chi connectivity index (χ0v) is 15.4. The van der Waals surface area contributed by atoms with Gasteiger partial charge in [-0.25, -0.2) is 9.59 Å². The molecule has 0 saturated heterocycles. The average molecular weight is 359 g/mol. The Morgan fingerprint density at radius 2 is 1.46 bits per heavy atom. The van der Waals surface area contributed by atoms with E-state index in [2.05, 4.69) is 4.99 Å². The zero-order chi connectivity index (χ0) is 19.4. The minimum atomic E-state index is -0.762. The number of benzene rings is 1. The van der Waals surface area contributed by atoms with Crippen molar-refractivity contribution in [3.05, 3.63) is 46.7 Å². The molecule has 7 heteroatoms. The molecule has 2 atom stereocenters. The van der Waals surface area contributed by atoms with Gasteiger partial charge in [-0.2, -0.15) is 0 Å². The third kappa shape index (κ3) is 3.51. The van der Waals surface area contributed by atoms with Gasteiger partial charge in [0.05, 0.1) is 32.5 Å². The summed E-state index contributed by atoms with van der Waals surface area (Å²) in [6, 6.07) is 6.53. The molecule has 1 aliphatic heterocycles. The Balaban J connectivity index is 2.60. The van der Waals surface area contributed by atoms with Crippen LogP contribution in [-0.2, 0) is 23.8 Å². The predicted octanol–water partition coefficient (Wildman–Crippen LogP) is 2.27. The molecular weight excluding hydrogens is 338 g/mol. The summed E-state index contributed by atoms with van der Waals surface area (Å²) in [5, 5.41) is 0. The number of carbonyl (C=O) groups is 3. The average Bonchev–Trinajstić information content (AvgIpc) is 2.65. The number of carbonyl (C=O) groups excluding carboxylic acids is 3. The Kier molecular flexibility index (Phi) is 5.92. The third-order valence-electron chi connectivity index (χ3n) is 4.38. The van der Waals surface area contributed by atoms with E-state index in [1.807, 2.05) is 0 Å².